The van der Waals surface area contributed by atoms with Crippen molar-refractivity contribution < 1.29 is 9.59 Å². The fraction of sp³-hybridized carbons (Fsp3) is 0.348. The van der Waals surface area contributed by atoms with Crippen LogP contribution in [-0.4, -0.2) is 74.7 Å². The van der Waals surface area contributed by atoms with Crippen LogP contribution in [0.15, 0.2) is 54.6 Å². The number of anilines is 2. The Bertz CT molecular complexity index is 1100. The summed E-state index contributed by atoms with van der Waals surface area (Å²) in [6.45, 7) is 2.75. The SMILES string of the molecule is O=C(CN1CCN(C(=O)Nc2ccc(-c3nnnn3C3CC3)cc2)CC1)Nc1ccccc1. The van der Waals surface area contributed by atoms with Gasteiger partial charge in [0.2, 0.25) is 5.91 Å². The number of amides is 3. The molecule has 3 amide bonds. The number of carbonyl (C=O) groups excluding carboxylic acids is 2. The lowest BCUT2D eigenvalue weighted by molar-refractivity contribution is -0.117. The van der Waals surface area contributed by atoms with Crippen LogP contribution in [0.5, 0.6) is 0 Å². The molecule has 1 aliphatic carbocycles. The molecule has 1 aromatic heterocycles. The van der Waals surface area contributed by atoms with Crippen LogP contribution in [0.25, 0.3) is 11.4 Å². The topological polar surface area (TPSA) is 108 Å². The number of hydrogen-bond donors (Lipinski definition) is 2. The second kappa shape index (κ2) is 9.37. The van der Waals surface area contributed by atoms with Gasteiger partial charge < -0.3 is 15.5 Å². The van der Waals surface area contributed by atoms with E-state index in [1.54, 1.807) is 4.90 Å². The first-order valence-corrected chi connectivity index (χ1v) is 11.2. The molecule has 2 fully saturated rings. The van der Waals surface area contributed by atoms with Gasteiger partial charge in [-0.1, -0.05) is 18.2 Å². The van der Waals surface area contributed by atoms with Gasteiger partial charge in [-0.3, -0.25) is 9.69 Å². The molecule has 2 aliphatic rings. The predicted molar refractivity (Wildman–Crippen MR) is 124 cm³/mol. The minimum Gasteiger partial charge on any atom is -0.325 e. The third-order valence-corrected chi connectivity index (χ3v) is 5.86. The highest BCUT2D eigenvalue weighted by Gasteiger charge is 2.28. The van der Waals surface area contributed by atoms with Gasteiger partial charge in [-0.05, 0) is 59.7 Å². The summed E-state index contributed by atoms with van der Waals surface area (Å²) < 4.78 is 1.87. The summed E-state index contributed by atoms with van der Waals surface area (Å²) in [5.74, 6) is 0.703. The van der Waals surface area contributed by atoms with Gasteiger partial charge in [0.1, 0.15) is 0 Å². The van der Waals surface area contributed by atoms with Gasteiger partial charge >= 0.3 is 6.03 Å². The summed E-state index contributed by atoms with van der Waals surface area (Å²) in [4.78, 5) is 28.8. The smallest absolute Gasteiger partial charge is 0.321 e. The predicted octanol–water partition coefficient (Wildman–Crippen LogP) is 2.46. The fourth-order valence-corrected chi connectivity index (χ4v) is 3.89. The number of hydrogen-bond acceptors (Lipinski definition) is 6. The third kappa shape index (κ3) is 5.17. The van der Waals surface area contributed by atoms with Crippen molar-refractivity contribution in [3.8, 4) is 11.4 Å². The summed E-state index contributed by atoms with van der Waals surface area (Å²) >= 11 is 0. The summed E-state index contributed by atoms with van der Waals surface area (Å²) in [6.07, 6.45) is 2.22. The van der Waals surface area contributed by atoms with E-state index in [9.17, 15) is 9.59 Å². The molecule has 1 saturated heterocycles. The number of urea groups is 1. The largest absolute Gasteiger partial charge is 0.325 e. The second-order valence-corrected chi connectivity index (χ2v) is 8.36. The Morgan fingerprint density at radius 2 is 1.58 bits per heavy atom. The Morgan fingerprint density at radius 1 is 0.879 bits per heavy atom. The molecule has 5 rings (SSSR count). The highest BCUT2D eigenvalue weighted by atomic mass is 16.2. The average molecular weight is 447 g/mol. The molecule has 1 aliphatic heterocycles. The molecule has 0 unspecified atom stereocenters. The average Bonchev–Trinajstić information content (AvgIpc) is 3.57. The van der Waals surface area contributed by atoms with Gasteiger partial charge in [0.15, 0.2) is 5.82 Å². The Morgan fingerprint density at radius 3 is 2.27 bits per heavy atom. The lowest BCUT2D eigenvalue weighted by atomic mass is 10.2. The molecule has 2 aromatic carbocycles. The first-order chi connectivity index (χ1) is 16.2. The van der Waals surface area contributed by atoms with Crippen molar-refractivity contribution in [1.82, 2.24) is 30.0 Å². The molecule has 0 atom stereocenters. The van der Waals surface area contributed by atoms with Crippen molar-refractivity contribution in [2.45, 2.75) is 18.9 Å². The summed E-state index contributed by atoms with van der Waals surface area (Å²) in [6, 6.07) is 17.2. The number of rotatable bonds is 6. The van der Waals surface area contributed by atoms with E-state index >= 15 is 0 Å². The second-order valence-electron chi connectivity index (χ2n) is 8.36. The maximum absolute atomic E-state index is 12.7. The quantitative estimate of drug-likeness (QED) is 0.602. The molecular weight excluding hydrogens is 420 g/mol. The van der Waals surface area contributed by atoms with Gasteiger partial charge in [-0.15, -0.1) is 5.10 Å². The standard InChI is InChI=1S/C23H26N8O2/c32-21(24-18-4-2-1-3-5-18)16-29-12-14-30(15-13-29)23(33)25-19-8-6-17(7-9-19)22-26-27-28-31(22)20-10-11-20/h1-9,20H,10-16H2,(H,24,32)(H,25,33). The van der Waals surface area contributed by atoms with E-state index in [-0.39, 0.29) is 11.9 Å². The maximum atomic E-state index is 12.7. The molecular formula is C23H26N8O2. The monoisotopic (exact) mass is 446 g/mol. The summed E-state index contributed by atoms with van der Waals surface area (Å²) in [5, 5.41) is 17.9. The zero-order valence-corrected chi connectivity index (χ0v) is 18.2. The molecule has 0 bridgehead atoms. The van der Waals surface area contributed by atoms with Crippen molar-refractivity contribution in [2.75, 3.05) is 43.4 Å². The minimum atomic E-state index is -0.140. The van der Waals surface area contributed by atoms with E-state index in [0.29, 0.717) is 38.8 Å². The Balaban J connectivity index is 1.09. The fourth-order valence-electron chi connectivity index (χ4n) is 3.89. The molecule has 2 N–H and O–H groups in total. The number of nitrogens with zero attached hydrogens (tertiary/aromatic N) is 6. The lowest BCUT2D eigenvalue weighted by Crippen LogP contribution is -2.51. The number of benzene rings is 2. The molecule has 10 heteroatoms. The molecule has 0 spiro atoms. The molecule has 1 saturated carbocycles. The van der Waals surface area contributed by atoms with Crippen molar-refractivity contribution in [3.05, 3.63) is 54.6 Å². The Labute approximate surface area is 191 Å². The highest BCUT2D eigenvalue weighted by molar-refractivity contribution is 5.92. The van der Waals surface area contributed by atoms with Gasteiger partial charge in [0.05, 0.1) is 12.6 Å². The molecule has 33 heavy (non-hydrogen) atoms. The van der Waals surface area contributed by atoms with E-state index in [1.165, 1.54) is 0 Å². The molecule has 2 heterocycles. The first-order valence-electron chi connectivity index (χ1n) is 11.2. The number of piperazine rings is 1. The van der Waals surface area contributed by atoms with Crippen LogP contribution in [0.4, 0.5) is 16.2 Å². The van der Waals surface area contributed by atoms with E-state index in [4.69, 9.17) is 0 Å². The first kappa shape index (κ1) is 21.1. The normalized spacial score (nSPS) is 16.4. The molecule has 3 aromatic rings. The Hall–Kier alpha value is -3.79. The van der Waals surface area contributed by atoms with Crippen LogP contribution < -0.4 is 10.6 Å². The van der Waals surface area contributed by atoms with Crippen LogP contribution in [-0.2, 0) is 4.79 Å². The lowest BCUT2D eigenvalue weighted by Gasteiger charge is -2.34. The third-order valence-electron chi connectivity index (χ3n) is 5.86. The van der Waals surface area contributed by atoms with Crippen LogP contribution in [0, 0.1) is 0 Å². The molecule has 170 valence electrons. The maximum Gasteiger partial charge on any atom is 0.321 e. The summed E-state index contributed by atoms with van der Waals surface area (Å²) in [5.41, 5.74) is 2.43. The van der Waals surface area contributed by atoms with Gasteiger partial charge in [-0.25, -0.2) is 9.48 Å². The van der Waals surface area contributed by atoms with E-state index < -0.39 is 0 Å². The van der Waals surface area contributed by atoms with Gasteiger partial charge in [0, 0.05) is 43.1 Å². The van der Waals surface area contributed by atoms with E-state index in [1.807, 2.05) is 59.3 Å². The van der Waals surface area contributed by atoms with Crippen molar-refractivity contribution in [2.24, 2.45) is 0 Å². The van der Waals surface area contributed by atoms with Crippen LogP contribution in [0.2, 0.25) is 0 Å². The van der Waals surface area contributed by atoms with E-state index in [0.717, 1.165) is 35.6 Å². The zero-order valence-electron chi connectivity index (χ0n) is 18.2. The van der Waals surface area contributed by atoms with Gasteiger partial charge in [0.25, 0.3) is 0 Å². The molecule has 10 nitrogen and oxygen atoms in total. The number of aromatic nitrogens is 4. The van der Waals surface area contributed by atoms with Crippen LogP contribution >= 0.6 is 0 Å². The van der Waals surface area contributed by atoms with E-state index in [2.05, 4.69) is 31.1 Å². The van der Waals surface area contributed by atoms with Crippen LogP contribution in [0.1, 0.15) is 18.9 Å². The molecule has 0 radical (unpaired) electrons. The van der Waals surface area contributed by atoms with Crippen molar-refractivity contribution in [1.29, 1.82) is 0 Å². The van der Waals surface area contributed by atoms with Gasteiger partial charge in [-0.2, -0.15) is 0 Å². The number of nitrogens with one attached hydrogen (secondary N) is 2. The minimum absolute atomic E-state index is 0.0492. The highest BCUT2D eigenvalue weighted by Crippen LogP contribution is 2.36. The van der Waals surface area contributed by atoms with Crippen LogP contribution in [0.3, 0.4) is 0 Å². The number of para-hydroxylation sites is 1. The van der Waals surface area contributed by atoms with Crippen molar-refractivity contribution in [3.63, 3.8) is 0 Å². The Kier molecular flexibility index (Phi) is 5.99. The number of tetrazole rings is 1. The number of carbonyl (C=O) groups is 2. The van der Waals surface area contributed by atoms with Crippen molar-refractivity contribution >= 4 is 23.3 Å². The zero-order chi connectivity index (χ0) is 22.6. The summed E-state index contributed by atoms with van der Waals surface area (Å²) in [7, 11) is 0.